The van der Waals surface area contributed by atoms with Crippen LogP contribution in [0, 0.1) is 0 Å². The molecule has 140 valence electrons. The molecule has 4 rings (SSSR count). The third kappa shape index (κ3) is 2.99. The van der Waals surface area contributed by atoms with E-state index in [9.17, 15) is 9.59 Å². The summed E-state index contributed by atoms with van der Waals surface area (Å²) in [4.78, 5) is 34.2. The Morgan fingerprint density at radius 2 is 2.07 bits per heavy atom. The van der Waals surface area contributed by atoms with E-state index in [-0.39, 0.29) is 23.6 Å². The van der Waals surface area contributed by atoms with E-state index in [1.807, 2.05) is 47.7 Å². The van der Waals surface area contributed by atoms with Gasteiger partial charge >= 0.3 is 0 Å². The normalized spacial score (nSPS) is 17.3. The number of aromatic nitrogens is 3. The molecule has 1 aromatic carbocycles. The van der Waals surface area contributed by atoms with E-state index >= 15 is 0 Å². The molecule has 0 bridgehead atoms. The van der Waals surface area contributed by atoms with Crippen LogP contribution >= 0.6 is 0 Å². The molecule has 0 aliphatic carbocycles. The topological polar surface area (TPSA) is 80.2 Å². The smallest absolute Gasteiger partial charge is 0.259 e. The highest BCUT2D eigenvalue weighted by Crippen LogP contribution is 2.29. The molecule has 1 aliphatic heterocycles. The molecule has 1 amide bonds. The van der Waals surface area contributed by atoms with E-state index in [4.69, 9.17) is 4.74 Å². The van der Waals surface area contributed by atoms with Gasteiger partial charge in [0.15, 0.2) is 0 Å². The lowest BCUT2D eigenvalue weighted by Gasteiger charge is -2.21. The van der Waals surface area contributed by atoms with E-state index in [0.29, 0.717) is 35.6 Å². The number of H-pyrrole nitrogens is 1. The van der Waals surface area contributed by atoms with Crippen molar-refractivity contribution in [3.63, 3.8) is 0 Å². The van der Waals surface area contributed by atoms with Crippen LogP contribution < -0.4 is 10.3 Å². The minimum Gasteiger partial charge on any atom is -0.497 e. The highest BCUT2D eigenvalue weighted by Gasteiger charge is 2.33. The SMILES string of the molecule is COc1ccc2cc(-c3nccn3C3CC(=O)N(C(C)C)C3)c(=O)[nH]c2c1. The van der Waals surface area contributed by atoms with Gasteiger partial charge < -0.3 is 19.2 Å². The van der Waals surface area contributed by atoms with Crippen LogP contribution in [0.3, 0.4) is 0 Å². The number of benzene rings is 1. The van der Waals surface area contributed by atoms with Crippen LogP contribution in [0.5, 0.6) is 5.75 Å². The second kappa shape index (κ2) is 6.57. The first-order valence-corrected chi connectivity index (χ1v) is 9.01. The molecule has 3 heterocycles. The van der Waals surface area contributed by atoms with Gasteiger partial charge in [-0.15, -0.1) is 0 Å². The van der Waals surface area contributed by atoms with Crippen molar-refractivity contribution in [2.24, 2.45) is 0 Å². The van der Waals surface area contributed by atoms with E-state index in [1.54, 1.807) is 19.4 Å². The Morgan fingerprint density at radius 3 is 2.78 bits per heavy atom. The number of hydrogen-bond donors (Lipinski definition) is 1. The Morgan fingerprint density at radius 1 is 1.26 bits per heavy atom. The average molecular weight is 366 g/mol. The van der Waals surface area contributed by atoms with Crippen molar-refractivity contribution in [1.82, 2.24) is 19.4 Å². The molecule has 1 unspecified atom stereocenters. The summed E-state index contributed by atoms with van der Waals surface area (Å²) in [6, 6.07) is 7.52. The molecule has 2 aromatic heterocycles. The van der Waals surface area contributed by atoms with Gasteiger partial charge in [0, 0.05) is 37.5 Å². The molecule has 1 fully saturated rings. The maximum absolute atomic E-state index is 12.7. The lowest BCUT2D eigenvalue weighted by atomic mass is 10.1. The zero-order valence-electron chi connectivity index (χ0n) is 15.6. The zero-order chi connectivity index (χ0) is 19.1. The van der Waals surface area contributed by atoms with E-state index in [2.05, 4.69) is 9.97 Å². The first-order valence-electron chi connectivity index (χ1n) is 9.01. The molecule has 3 aromatic rings. The quantitative estimate of drug-likeness (QED) is 0.770. The summed E-state index contributed by atoms with van der Waals surface area (Å²) in [5.74, 6) is 1.40. The van der Waals surface area contributed by atoms with E-state index in [1.165, 1.54) is 0 Å². The van der Waals surface area contributed by atoms with E-state index < -0.39 is 0 Å². The number of rotatable bonds is 4. The largest absolute Gasteiger partial charge is 0.497 e. The molecule has 1 saturated heterocycles. The predicted molar refractivity (Wildman–Crippen MR) is 103 cm³/mol. The molecule has 7 nitrogen and oxygen atoms in total. The number of amides is 1. The summed E-state index contributed by atoms with van der Waals surface area (Å²) in [7, 11) is 1.59. The highest BCUT2D eigenvalue weighted by molar-refractivity contribution is 5.84. The minimum atomic E-state index is -0.215. The van der Waals surface area contributed by atoms with Crippen molar-refractivity contribution in [3.05, 3.63) is 47.0 Å². The van der Waals surface area contributed by atoms with Crippen molar-refractivity contribution in [2.75, 3.05) is 13.7 Å². The third-order valence-electron chi connectivity index (χ3n) is 5.12. The summed E-state index contributed by atoms with van der Waals surface area (Å²) in [6.45, 7) is 4.65. The molecule has 1 aliphatic rings. The number of ether oxygens (including phenoxy) is 1. The number of carbonyl (C=O) groups is 1. The van der Waals surface area contributed by atoms with Crippen LogP contribution in [0.1, 0.15) is 26.3 Å². The molecule has 7 heteroatoms. The van der Waals surface area contributed by atoms with Crippen LogP contribution in [0.25, 0.3) is 22.3 Å². The van der Waals surface area contributed by atoms with Crippen LogP contribution in [-0.4, -0.2) is 45.0 Å². The number of aromatic amines is 1. The van der Waals surface area contributed by atoms with Crippen LogP contribution in [-0.2, 0) is 4.79 Å². The number of hydrogen-bond acceptors (Lipinski definition) is 4. The first kappa shape index (κ1) is 17.3. The summed E-state index contributed by atoms with van der Waals surface area (Å²) < 4.78 is 7.16. The van der Waals surface area contributed by atoms with Crippen LogP contribution in [0.2, 0.25) is 0 Å². The Bertz CT molecular complexity index is 1070. The summed E-state index contributed by atoms with van der Waals surface area (Å²) in [6.07, 6.45) is 3.94. The van der Waals surface area contributed by atoms with Crippen molar-refractivity contribution < 1.29 is 9.53 Å². The third-order valence-corrected chi connectivity index (χ3v) is 5.12. The fourth-order valence-corrected chi connectivity index (χ4v) is 3.69. The van der Waals surface area contributed by atoms with Crippen LogP contribution in [0.15, 0.2) is 41.5 Å². The summed E-state index contributed by atoms with van der Waals surface area (Å²) >= 11 is 0. The lowest BCUT2D eigenvalue weighted by molar-refractivity contribution is -0.129. The van der Waals surface area contributed by atoms with Gasteiger partial charge in [-0.05, 0) is 37.4 Å². The van der Waals surface area contributed by atoms with Gasteiger partial charge in [0.2, 0.25) is 5.91 Å². The fraction of sp³-hybridized carbons (Fsp3) is 0.350. The Labute approximate surface area is 156 Å². The van der Waals surface area contributed by atoms with Crippen molar-refractivity contribution >= 4 is 16.8 Å². The number of nitrogens with zero attached hydrogens (tertiary/aromatic N) is 3. The molecular formula is C20H22N4O3. The molecule has 27 heavy (non-hydrogen) atoms. The minimum absolute atomic E-state index is 0.0247. The highest BCUT2D eigenvalue weighted by atomic mass is 16.5. The Hall–Kier alpha value is -3.09. The number of methoxy groups -OCH3 is 1. The van der Waals surface area contributed by atoms with Crippen molar-refractivity contribution in [3.8, 4) is 17.1 Å². The van der Waals surface area contributed by atoms with Crippen molar-refractivity contribution in [1.29, 1.82) is 0 Å². The van der Waals surface area contributed by atoms with Crippen molar-refractivity contribution in [2.45, 2.75) is 32.4 Å². The standard InChI is InChI=1S/C20H22N4O3/c1-12(2)24-11-14(9-18(24)25)23-7-6-21-19(23)16-8-13-4-5-15(27-3)10-17(13)22-20(16)26/h4-8,10,12,14H,9,11H2,1-3H3,(H,22,26). The van der Waals surface area contributed by atoms with Gasteiger partial charge in [-0.25, -0.2) is 4.98 Å². The zero-order valence-corrected chi connectivity index (χ0v) is 15.6. The van der Waals surface area contributed by atoms with E-state index in [0.717, 1.165) is 5.39 Å². The molecule has 1 atom stereocenters. The molecule has 0 spiro atoms. The second-order valence-corrected chi connectivity index (χ2v) is 7.12. The maximum atomic E-state index is 12.7. The summed E-state index contributed by atoms with van der Waals surface area (Å²) in [5.41, 5.74) is 0.990. The summed E-state index contributed by atoms with van der Waals surface area (Å²) in [5, 5.41) is 0.895. The monoisotopic (exact) mass is 366 g/mol. The second-order valence-electron chi connectivity index (χ2n) is 7.12. The number of pyridine rings is 1. The van der Waals surface area contributed by atoms with Crippen LogP contribution in [0.4, 0.5) is 0 Å². The van der Waals surface area contributed by atoms with Gasteiger partial charge in [-0.1, -0.05) is 0 Å². The fourth-order valence-electron chi connectivity index (χ4n) is 3.69. The Kier molecular flexibility index (Phi) is 4.22. The number of likely N-dealkylation sites (tertiary alicyclic amines) is 1. The maximum Gasteiger partial charge on any atom is 0.259 e. The van der Waals surface area contributed by atoms with Gasteiger partial charge in [0.1, 0.15) is 11.6 Å². The van der Waals surface area contributed by atoms with Gasteiger partial charge in [0.25, 0.3) is 5.56 Å². The predicted octanol–water partition coefficient (Wildman–Crippen LogP) is 2.58. The van der Waals surface area contributed by atoms with Gasteiger partial charge in [-0.2, -0.15) is 0 Å². The number of nitrogens with one attached hydrogen (secondary N) is 1. The number of imidazole rings is 1. The lowest BCUT2D eigenvalue weighted by Crippen LogP contribution is -2.32. The molecule has 0 saturated carbocycles. The number of carbonyl (C=O) groups excluding carboxylic acids is 1. The number of fused-ring (bicyclic) bond motifs is 1. The first-order chi connectivity index (χ1) is 13.0. The molecule has 0 radical (unpaired) electrons. The van der Waals surface area contributed by atoms with Gasteiger partial charge in [0.05, 0.1) is 24.2 Å². The average Bonchev–Trinajstić information content (AvgIpc) is 3.27. The molecular weight excluding hydrogens is 344 g/mol. The van der Waals surface area contributed by atoms with Gasteiger partial charge in [-0.3, -0.25) is 9.59 Å². The Balaban J connectivity index is 1.76. The molecule has 1 N–H and O–H groups in total.